The SMILES string of the molecule is CCN1CCN(c2nc(C)cc(N3CCN(c4ccccc4OC)CC3)n2)CC1. The van der Waals surface area contributed by atoms with E-state index in [1.165, 1.54) is 5.69 Å². The van der Waals surface area contributed by atoms with Gasteiger partial charge in [-0.1, -0.05) is 19.1 Å². The molecular weight excluding hydrogens is 364 g/mol. The summed E-state index contributed by atoms with van der Waals surface area (Å²) >= 11 is 0. The first kappa shape index (κ1) is 19.8. The molecule has 3 heterocycles. The number of rotatable bonds is 5. The van der Waals surface area contributed by atoms with Crippen LogP contribution in [0.2, 0.25) is 0 Å². The Bertz CT molecular complexity index is 813. The van der Waals surface area contributed by atoms with Crippen LogP contribution in [0.15, 0.2) is 30.3 Å². The van der Waals surface area contributed by atoms with Crippen molar-refractivity contribution in [1.29, 1.82) is 0 Å². The second-order valence-electron chi connectivity index (χ2n) is 7.73. The van der Waals surface area contributed by atoms with E-state index in [4.69, 9.17) is 14.7 Å². The molecule has 29 heavy (non-hydrogen) atoms. The molecule has 2 aliphatic rings. The van der Waals surface area contributed by atoms with Gasteiger partial charge in [-0.05, 0) is 25.6 Å². The molecule has 1 aromatic carbocycles. The Morgan fingerprint density at radius 3 is 2.21 bits per heavy atom. The normalized spacial score (nSPS) is 18.2. The molecule has 2 aliphatic heterocycles. The van der Waals surface area contributed by atoms with Crippen molar-refractivity contribution in [2.24, 2.45) is 0 Å². The van der Waals surface area contributed by atoms with Crippen molar-refractivity contribution < 1.29 is 4.74 Å². The molecule has 7 nitrogen and oxygen atoms in total. The van der Waals surface area contributed by atoms with E-state index < -0.39 is 0 Å². The molecule has 0 saturated carbocycles. The van der Waals surface area contributed by atoms with Crippen molar-refractivity contribution in [3.8, 4) is 5.75 Å². The van der Waals surface area contributed by atoms with Gasteiger partial charge in [-0.2, -0.15) is 4.98 Å². The first-order valence-electron chi connectivity index (χ1n) is 10.6. The monoisotopic (exact) mass is 396 g/mol. The molecule has 0 amide bonds. The molecule has 2 saturated heterocycles. The average Bonchev–Trinajstić information content (AvgIpc) is 2.79. The predicted octanol–water partition coefficient (Wildman–Crippen LogP) is 2.26. The maximum atomic E-state index is 5.54. The lowest BCUT2D eigenvalue weighted by molar-refractivity contribution is 0.270. The van der Waals surface area contributed by atoms with Gasteiger partial charge in [0, 0.05) is 64.1 Å². The van der Waals surface area contributed by atoms with Gasteiger partial charge in [-0.25, -0.2) is 4.98 Å². The minimum absolute atomic E-state index is 0.878. The minimum Gasteiger partial charge on any atom is -0.495 e. The van der Waals surface area contributed by atoms with Gasteiger partial charge in [0.15, 0.2) is 0 Å². The lowest BCUT2D eigenvalue weighted by Crippen LogP contribution is -2.48. The Labute approximate surface area is 173 Å². The molecule has 0 spiro atoms. The van der Waals surface area contributed by atoms with Crippen LogP contribution < -0.4 is 19.4 Å². The number of hydrogen-bond acceptors (Lipinski definition) is 7. The van der Waals surface area contributed by atoms with Gasteiger partial charge < -0.3 is 24.3 Å². The third-order valence-corrected chi connectivity index (χ3v) is 5.96. The lowest BCUT2D eigenvalue weighted by Gasteiger charge is -2.38. The number of aromatic nitrogens is 2. The first-order valence-corrected chi connectivity index (χ1v) is 10.6. The Kier molecular flexibility index (Phi) is 6.04. The zero-order chi connectivity index (χ0) is 20.2. The van der Waals surface area contributed by atoms with Gasteiger partial charge in [-0.15, -0.1) is 0 Å². The summed E-state index contributed by atoms with van der Waals surface area (Å²) in [6.45, 7) is 13.4. The van der Waals surface area contributed by atoms with Gasteiger partial charge in [0.05, 0.1) is 12.8 Å². The second kappa shape index (κ2) is 8.86. The van der Waals surface area contributed by atoms with Crippen molar-refractivity contribution in [3.63, 3.8) is 0 Å². The van der Waals surface area contributed by atoms with Crippen LogP contribution in [0.5, 0.6) is 5.75 Å². The second-order valence-corrected chi connectivity index (χ2v) is 7.73. The Morgan fingerprint density at radius 2 is 1.52 bits per heavy atom. The topological polar surface area (TPSA) is 48.0 Å². The van der Waals surface area contributed by atoms with E-state index in [1.54, 1.807) is 7.11 Å². The highest BCUT2D eigenvalue weighted by atomic mass is 16.5. The number of benzene rings is 1. The number of anilines is 3. The molecule has 0 N–H and O–H groups in total. The number of methoxy groups -OCH3 is 1. The van der Waals surface area contributed by atoms with Crippen molar-refractivity contribution in [3.05, 3.63) is 36.0 Å². The van der Waals surface area contributed by atoms with Crippen molar-refractivity contribution in [2.75, 3.05) is 80.7 Å². The largest absolute Gasteiger partial charge is 0.495 e. The molecule has 1 aromatic heterocycles. The van der Waals surface area contributed by atoms with Gasteiger partial charge in [0.25, 0.3) is 0 Å². The highest BCUT2D eigenvalue weighted by Gasteiger charge is 2.23. The number of piperazine rings is 2. The molecule has 0 aliphatic carbocycles. The summed E-state index contributed by atoms with van der Waals surface area (Å²) in [7, 11) is 1.74. The fraction of sp³-hybridized carbons (Fsp3) is 0.545. The summed E-state index contributed by atoms with van der Waals surface area (Å²) in [5.74, 6) is 2.86. The Hall–Kier alpha value is -2.54. The summed E-state index contributed by atoms with van der Waals surface area (Å²) in [6, 6.07) is 10.4. The third kappa shape index (κ3) is 4.40. The fourth-order valence-electron chi connectivity index (χ4n) is 4.17. The third-order valence-electron chi connectivity index (χ3n) is 5.96. The van der Waals surface area contributed by atoms with Gasteiger partial charge >= 0.3 is 0 Å². The van der Waals surface area contributed by atoms with E-state index in [0.29, 0.717) is 0 Å². The van der Waals surface area contributed by atoms with Crippen LogP contribution in [-0.4, -0.2) is 80.9 Å². The smallest absolute Gasteiger partial charge is 0.227 e. The summed E-state index contributed by atoms with van der Waals surface area (Å²) in [6.07, 6.45) is 0. The molecule has 0 unspecified atom stereocenters. The Morgan fingerprint density at radius 1 is 0.862 bits per heavy atom. The molecule has 2 fully saturated rings. The summed E-state index contributed by atoms with van der Waals surface area (Å²) in [4.78, 5) is 19.3. The van der Waals surface area contributed by atoms with E-state index in [0.717, 1.165) is 82.1 Å². The van der Waals surface area contributed by atoms with Crippen LogP contribution in [0, 0.1) is 6.92 Å². The van der Waals surface area contributed by atoms with Crippen LogP contribution in [0.1, 0.15) is 12.6 Å². The number of nitrogens with zero attached hydrogens (tertiary/aromatic N) is 6. The van der Waals surface area contributed by atoms with Crippen LogP contribution in [-0.2, 0) is 0 Å². The van der Waals surface area contributed by atoms with Crippen LogP contribution in [0.25, 0.3) is 0 Å². The molecule has 0 atom stereocenters. The standard InChI is InChI=1S/C22H32N6O/c1-4-25-9-11-28(12-10-25)22-23-18(2)17-21(24-22)27-15-13-26(14-16-27)19-7-5-6-8-20(19)29-3/h5-8,17H,4,9-16H2,1-3H3. The van der Waals surface area contributed by atoms with Crippen molar-refractivity contribution in [1.82, 2.24) is 14.9 Å². The van der Waals surface area contributed by atoms with E-state index in [9.17, 15) is 0 Å². The average molecular weight is 397 g/mol. The summed E-state index contributed by atoms with van der Waals surface area (Å²) in [5.41, 5.74) is 2.21. The maximum absolute atomic E-state index is 5.54. The van der Waals surface area contributed by atoms with E-state index in [-0.39, 0.29) is 0 Å². The summed E-state index contributed by atoms with van der Waals surface area (Å²) in [5, 5.41) is 0. The van der Waals surface area contributed by atoms with Gasteiger partial charge in [-0.3, -0.25) is 0 Å². The molecular formula is C22H32N6O. The Balaban J connectivity index is 1.44. The number of hydrogen-bond donors (Lipinski definition) is 0. The molecule has 0 bridgehead atoms. The number of aryl methyl sites for hydroxylation is 1. The number of likely N-dealkylation sites (N-methyl/N-ethyl adjacent to an activating group) is 1. The highest BCUT2D eigenvalue weighted by molar-refractivity contribution is 5.59. The molecule has 0 radical (unpaired) electrons. The molecule has 156 valence electrons. The fourth-order valence-corrected chi connectivity index (χ4v) is 4.17. The molecule has 4 rings (SSSR count). The maximum Gasteiger partial charge on any atom is 0.227 e. The lowest BCUT2D eigenvalue weighted by atomic mass is 10.2. The number of ether oxygens (including phenoxy) is 1. The quantitative estimate of drug-likeness (QED) is 0.768. The van der Waals surface area contributed by atoms with E-state index in [2.05, 4.69) is 51.6 Å². The predicted molar refractivity (Wildman–Crippen MR) is 119 cm³/mol. The first-order chi connectivity index (χ1) is 14.2. The van der Waals surface area contributed by atoms with Crippen molar-refractivity contribution >= 4 is 17.5 Å². The zero-order valence-corrected chi connectivity index (χ0v) is 17.8. The van der Waals surface area contributed by atoms with Crippen LogP contribution in [0.4, 0.5) is 17.5 Å². The van der Waals surface area contributed by atoms with Gasteiger partial charge in [0.2, 0.25) is 5.95 Å². The van der Waals surface area contributed by atoms with Crippen LogP contribution in [0.3, 0.4) is 0 Å². The van der Waals surface area contributed by atoms with Crippen molar-refractivity contribution in [2.45, 2.75) is 13.8 Å². The van der Waals surface area contributed by atoms with E-state index in [1.807, 2.05) is 12.1 Å². The molecule has 2 aromatic rings. The van der Waals surface area contributed by atoms with Crippen LogP contribution >= 0.6 is 0 Å². The van der Waals surface area contributed by atoms with Gasteiger partial charge in [0.1, 0.15) is 11.6 Å². The zero-order valence-electron chi connectivity index (χ0n) is 17.8. The minimum atomic E-state index is 0.878. The van der Waals surface area contributed by atoms with E-state index >= 15 is 0 Å². The summed E-state index contributed by atoms with van der Waals surface area (Å²) < 4.78 is 5.54. The highest BCUT2D eigenvalue weighted by Crippen LogP contribution is 2.29. The molecule has 7 heteroatoms. The number of para-hydroxylation sites is 2.